The average Bonchev–Trinajstić information content (AvgIpc) is 2.90. The molecule has 19 heavy (non-hydrogen) atoms. The molecular formula is C15H19N3S. The van der Waals surface area contributed by atoms with Crippen LogP contribution in [0.4, 0.5) is 11.4 Å². The Bertz CT molecular complexity index is 585. The van der Waals surface area contributed by atoms with Crippen LogP contribution in [0.5, 0.6) is 0 Å². The van der Waals surface area contributed by atoms with Crippen LogP contribution in [-0.2, 0) is 0 Å². The van der Waals surface area contributed by atoms with E-state index in [0.29, 0.717) is 6.04 Å². The molecule has 2 atom stereocenters. The molecule has 1 fully saturated rings. The van der Waals surface area contributed by atoms with Crippen molar-refractivity contribution in [3.8, 4) is 0 Å². The van der Waals surface area contributed by atoms with Crippen LogP contribution in [0.2, 0.25) is 0 Å². The molecule has 2 unspecified atom stereocenters. The van der Waals surface area contributed by atoms with Crippen molar-refractivity contribution in [1.29, 1.82) is 0 Å². The molecule has 0 saturated heterocycles. The Hall–Kier alpha value is -1.42. The van der Waals surface area contributed by atoms with Crippen molar-refractivity contribution >= 4 is 34.0 Å². The van der Waals surface area contributed by atoms with Crippen molar-refractivity contribution in [3.05, 3.63) is 30.5 Å². The zero-order valence-electron chi connectivity index (χ0n) is 11.1. The number of nitrogen functional groups attached to an aromatic ring is 1. The highest BCUT2D eigenvalue weighted by Gasteiger charge is 2.24. The van der Waals surface area contributed by atoms with E-state index < -0.39 is 0 Å². The Balaban J connectivity index is 1.87. The lowest BCUT2D eigenvalue weighted by molar-refractivity contribution is 0.758. The maximum Gasteiger partial charge on any atom is 0.0953 e. The topological polar surface area (TPSA) is 50.9 Å². The Kier molecular flexibility index (Phi) is 3.51. The summed E-state index contributed by atoms with van der Waals surface area (Å²) in [4.78, 5) is 4.48. The predicted molar refractivity (Wildman–Crippen MR) is 84.7 cm³/mol. The fraction of sp³-hybridized carbons (Fsp3) is 0.400. The first-order chi connectivity index (χ1) is 9.28. The van der Waals surface area contributed by atoms with Crippen LogP contribution in [0.15, 0.2) is 30.5 Å². The van der Waals surface area contributed by atoms with Gasteiger partial charge in [-0.15, -0.1) is 0 Å². The van der Waals surface area contributed by atoms with Crippen molar-refractivity contribution in [2.45, 2.75) is 30.6 Å². The standard InChI is InChI=1S/C15H19N3S/c1-19-11-5-4-10(9-11)18-14-7-6-13(16)12-3-2-8-17-15(12)14/h2-3,6-8,10-11,18H,4-5,9,16H2,1H3. The SMILES string of the molecule is CSC1CCC(Nc2ccc(N)c3cccnc23)C1. The number of rotatable bonds is 3. The fourth-order valence-electron chi connectivity index (χ4n) is 2.82. The van der Waals surface area contributed by atoms with Crippen LogP contribution in [0.1, 0.15) is 19.3 Å². The van der Waals surface area contributed by atoms with E-state index >= 15 is 0 Å². The van der Waals surface area contributed by atoms with Crippen LogP contribution in [0.25, 0.3) is 10.9 Å². The minimum atomic E-state index is 0.561. The average molecular weight is 273 g/mol. The molecule has 1 aromatic heterocycles. The molecule has 0 amide bonds. The first kappa shape index (κ1) is 12.6. The van der Waals surface area contributed by atoms with Gasteiger partial charge in [-0.3, -0.25) is 4.98 Å². The molecule has 100 valence electrons. The van der Waals surface area contributed by atoms with Crippen molar-refractivity contribution in [3.63, 3.8) is 0 Å². The van der Waals surface area contributed by atoms with E-state index in [0.717, 1.165) is 27.5 Å². The van der Waals surface area contributed by atoms with Gasteiger partial charge in [0.1, 0.15) is 0 Å². The van der Waals surface area contributed by atoms with Gasteiger partial charge in [0.05, 0.1) is 11.2 Å². The normalized spacial score (nSPS) is 22.8. The Morgan fingerprint density at radius 1 is 1.32 bits per heavy atom. The molecule has 1 aliphatic rings. The van der Waals surface area contributed by atoms with Gasteiger partial charge in [0.25, 0.3) is 0 Å². The lowest BCUT2D eigenvalue weighted by Gasteiger charge is -2.16. The predicted octanol–water partition coefficient (Wildman–Crippen LogP) is 3.51. The van der Waals surface area contributed by atoms with Gasteiger partial charge >= 0.3 is 0 Å². The highest BCUT2D eigenvalue weighted by Crippen LogP contribution is 2.32. The molecule has 1 heterocycles. The Morgan fingerprint density at radius 2 is 2.21 bits per heavy atom. The lowest BCUT2D eigenvalue weighted by Crippen LogP contribution is -2.16. The summed E-state index contributed by atoms with van der Waals surface area (Å²) in [6.45, 7) is 0. The van der Waals surface area contributed by atoms with E-state index in [4.69, 9.17) is 5.73 Å². The number of nitrogens with zero attached hydrogens (tertiary/aromatic N) is 1. The summed E-state index contributed by atoms with van der Waals surface area (Å²) in [7, 11) is 0. The number of anilines is 2. The van der Waals surface area contributed by atoms with Crippen molar-refractivity contribution in [2.24, 2.45) is 0 Å². The van der Waals surface area contributed by atoms with E-state index in [2.05, 4.69) is 22.6 Å². The maximum absolute atomic E-state index is 6.01. The quantitative estimate of drug-likeness (QED) is 0.840. The zero-order chi connectivity index (χ0) is 13.2. The third kappa shape index (κ3) is 2.50. The number of benzene rings is 1. The molecule has 0 bridgehead atoms. The number of hydrogen-bond acceptors (Lipinski definition) is 4. The molecule has 1 saturated carbocycles. The molecule has 0 spiro atoms. The fourth-order valence-corrected chi connectivity index (χ4v) is 3.61. The second-order valence-corrected chi connectivity index (χ2v) is 6.25. The summed E-state index contributed by atoms with van der Waals surface area (Å²) in [6.07, 6.45) is 7.81. The van der Waals surface area contributed by atoms with Crippen LogP contribution in [0.3, 0.4) is 0 Å². The molecule has 1 aliphatic carbocycles. The van der Waals surface area contributed by atoms with Crippen molar-refractivity contribution in [2.75, 3.05) is 17.3 Å². The van der Waals surface area contributed by atoms with E-state index in [1.807, 2.05) is 36.2 Å². The molecule has 3 N–H and O–H groups in total. The zero-order valence-corrected chi connectivity index (χ0v) is 11.9. The van der Waals surface area contributed by atoms with Gasteiger partial charge in [-0.25, -0.2) is 0 Å². The summed E-state index contributed by atoms with van der Waals surface area (Å²) in [5.74, 6) is 0. The van der Waals surface area contributed by atoms with E-state index in [1.54, 1.807) is 0 Å². The number of pyridine rings is 1. The van der Waals surface area contributed by atoms with E-state index in [1.165, 1.54) is 19.3 Å². The molecule has 3 nitrogen and oxygen atoms in total. The van der Waals surface area contributed by atoms with Gasteiger partial charge in [0.15, 0.2) is 0 Å². The summed E-state index contributed by atoms with van der Waals surface area (Å²) in [6, 6.07) is 8.54. The molecule has 1 aromatic carbocycles. The highest BCUT2D eigenvalue weighted by molar-refractivity contribution is 7.99. The lowest BCUT2D eigenvalue weighted by atomic mass is 10.1. The van der Waals surface area contributed by atoms with Gasteiger partial charge in [0.2, 0.25) is 0 Å². The Labute approximate surface area is 118 Å². The number of hydrogen-bond donors (Lipinski definition) is 2. The number of aromatic nitrogens is 1. The molecule has 4 heteroatoms. The smallest absolute Gasteiger partial charge is 0.0953 e. The van der Waals surface area contributed by atoms with Crippen LogP contribution in [0, 0.1) is 0 Å². The third-order valence-electron chi connectivity index (χ3n) is 3.88. The second kappa shape index (κ2) is 5.29. The van der Waals surface area contributed by atoms with Crippen LogP contribution < -0.4 is 11.1 Å². The summed E-state index contributed by atoms with van der Waals surface area (Å²) in [5.41, 5.74) is 8.89. The minimum Gasteiger partial charge on any atom is -0.398 e. The van der Waals surface area contributed by atoms with Gasteiger partial charge in [-0.2, -0.15) is 11.8 Å². The third-order valence-corrected chi connectivity index (χ3v) is 4.98. The number of thioether (sulfide) groups is 1. The van der Waals surface area contributed by atoms with Crippen molar-refractivity contribution < 1.29 is 0 Å². The number of nitrogens with one attached hydrogen (secondary N) is 1. The molecule has 2 aromatic rings. The van der Waals surface area contributed by atoms with Gasteiger partial charge in [0, 0.05) is 28.6 Å². The minimum absolute atomic E-state index is 0.561. The Morgan fingerprint density at radius 3 is 3.00 bits per heavy atom. The maximum atomic E-state index is 6.01. The molecule has 3 rings (SSSR count). The summed E-state index contributed by atoms with van der Waals surface area (Å²) < 4.78 is 0. The van der Waals surface area contributed by atoms with Crippen molar-refractivity contribution in [1.82, 2.24) is 4.98 Å². The number of nitrogens with two attached hydrogens (primary N) is 1. The summed E-state index contributed by atoms with van der Waals surface area (Å²) >= 11 is 1.98. The van der Waals surface area contributed by atoms with Gasteiger partial charge in [-0.05, 0) is 49.8 Å². The monoisotopic (exact) mass is 273 g/mol. The first-order valence-electron chi connectivity index (χ1n) is 6.70. The van der Waals surface area contributed by atoms with E-state index in [-0.39, 0.29) is 0 Å². The van der Waals surface area contributed by atoms with E-state index in [9.17, 15) is 0 Å². The second-order valence-electron chi connectivity index (χ2n) is 5.11. The van der Waals surface area contributed by atoms with Gasteiger partial charge < -0.3 is 11.1 Å². The van der Waals surface area contributed by atoms with Crippen LogP contribution >= 0.6 is 11.8 Å². The molecule has 0 radical (unpaired) electrons. The van der Waals surface area contributed by atoms with Crippen LogP contribution in [-0.4, -0.2) is 22.5 Å². The largest absolute Gasteiger partial charge is 0.398 e. The highest BCUT2D eigenvalue weighted by atomic mass is 32.2. The van der Waals surface area contributed by atoms with Gasteiger partial charge in [-0.1, -0.05) is 0 Å². The first-order valence-corrected chi connectivity index (χ1v) is 7.99. The number of fused-ring (bicyclic) bond motifs is 1. The molecule has 0 aliphatic heterocycles. The molecular weight excluding hydrogens is 254 g/mol. The summed E-state index contributed by atoms with van der Waals surface area (Å²) in [5, 5.41) is 5.47.